The number of thiophene rings is 1. The molecule has 0 aliphatic carbocycles. The molecule has 2 heterocycles. The van der Waals surface area contributed by atoms with Gasteiger partial charge in [0, 0.05) is 33.1 Å². The van der Waals surface area contributed by atoms with Crippen LogP contribution < -0.4 is 14.2 Å². The van der Waals surface area contributed by atoms with Crippen LogP contribution >= 0.6 is 27.3 Å². The summed E-state index contributed by atoms with van der Waals surface area (Å²) in [6.07, 6.45) is 0.925. The summed E-state index contributed by atoms with van der Waals surface area (Å²) in [5, 5.41) is 1.04. The summed E-state index contributed by atoms with van der Waals surface area (Å²) in [4.78, 5) is 3.37. The molecule has 1 aliphatic heterocycles. The monoisotopic (exact) mass is 645 g/mol. The van der Waals surface area contributed by atoms with E-state index in [2.05, 4.69) is 64.2 Å². The summed E-state index contributed by atoms with van der Waals surface area (Å²) in [6.45, 7) is 4.73. The van der Waals surface area contributed by atoms with Gasteiger partial charge in [0.1, 0.15) is 30.5 Å². The zero-order chi connectivity index (χ0) is 28.9. The fourth-order valence-electron chi connectivity index (χ4n) is 5.21. The molecule has 216 valence electrons. The first-order chi connectivity index (χ1) is 20.6. The molecule has 4 nitrogen and oxygen atoms in total. The van der Waals surface area contributed by atoms with Gasteiger partial charge >= 0.3 is 0 Å². The van der Waals surface area contributed by atoms with Crippen LogP contribution in [0.2, 0.25) is 0 Å². The SMILES string of the molecule is CC(COc1ccc(Oc2c(-c3ccc(Br)cc3)sc3cc(OCc4ccccc4)ccc23)cc1)N1CC[C@@H](CF)C1. The van der Waals surface area contributed by atoms with Gasteiger partial charge in [0.05, 0.1) is 11.6 Å². The fourth-order valence-corrected chi connectivity index (χ4v) is 6.64. The Labute approximate surface area is 258 Å². The summed E-state index contributed by atoms with van der Waals surface area (Å²) < 4.78 is 33.9. The fraction of sp³-hybridized carbons (Fsp3) is 0.257. The lowest BCUT2D eigenvalue weighted by molar-refractivity contribution is 0.165. The summed E-state index contributed by atoms with van der Waals surface area (Å²) in [5.74, 6) is 3.34. The lowest BCUT2D eigenvalue weighted by Crippen LogP contribution is -2.35. The molecule has 0 bridgehead atoms. The Morgan fingerprint density at radius 3 is 2.38 bits per heavy atom. The predicted octanol–water partition coefficient (Wildman–Crippen LogP) is 9.76. The molecule has 7 heteroatoms. The van der Waals surface area contributed by atoms with Gasteiger partial charge in [-0.15, -0.1) is 11.3 Å². The van der Waals surface area contributed by atoms with Crippen molar-refractivity contribution in [3.8, 4) is 33.4 Å². The summed E-state index contributed by atoms with van der Waals surface area (Å²) in [7, 11) is 0. The number of ether oxygens (including phenoxy) is 3. The highest BCUT2D eigenvalue weighted by atomic mass is 79.9. The number of fused-ring (bicyclic) bond motifs is 1. The second-order valence-electron chi connectivity index (χ2n) is 10.7. The average molecular weight is 647 g/mol. The van der Waals surface area contributed by atoms with Gasteiger partial charge in [-0.2, -0.15) is 0 Å². The highest BCUT2D eigenvalue weighted by molar-refractivity contribution is 9.10. The van der Waals surface area contributed by atoms with Crippen LogP contribution in [0.1, 0.15) is 18.9 Å². The van der Waals surface area contributed by atoms with Crippen LogP contribution in [-0.2, 0) is 6.61 Å². The quantitative estimate of drug-likeness (QED) is 0.143. The minimum Gasteiger partial charge on any atom is -0.492 e. The van der Waals surface area contributed by atoms with Crippen LogP contribution in [0.25, 0.3) is 20.5 Å². The van der Waals surface area contributed by atoms with Gasteiger partial charge < -0.3 is 14.2 Å². The Morgan fingerprint density at radius 1 is 0.905 bits per heavy atom. The minimum absolute atomic E-state index is 0.160. The zero-order valence-corrected chi connectivity index (χ0v) is 25.9. The number of benzene rings is 4. The van der Waals surface area contributed by atoms with Crippen molar-refractivity contribution in [2.75, 3.05) is 26.4 Å². The molecule has 5 aromatic rings. The van der Waals surface area contributed by atoms with E-state index in [9.17, 15) is 4.39 Å². The summed E-state index contributed by atoms with van der Waals surface area (Å²) in [6, 6.07) is 32.7. The lowest BCUT2D eigenvalue weighted by Gasteiger charge is -2.24. The van der Waals surface area contributed by atoms with Gasteiger partial charge in [0.25, 0.3) is 0 Å². The third kappa shape index (κ3) is 6.80. The normalized spacial score (nSPS) is 16.0. The highest BCUT2D eigenvalue weighted by Crippen LogP contribution is 2.47. The van der Waals surface area contributed by atoms with Crippen molar-refractivity contribution in [3.63, 3.8) is 0 Å². The maximum absolute atomic E-state index is 13.0. The maximum atomic E-state index is 13.0. The van der Waals surface area contributed by atoms with E-state index < -0.39 is 0 Å². The molecule has 4 aromatic carbocycles. The van der Waals surface area contributed by atoms with E-state index in [0.717, 1.165) is 73.1 Å². The second kappa shape index (κ2) is 13.3. The molecule has 0 N–H and O–H groups in total. The molecule has 1 saturated heterocycles. The number of rotatable bonds is 11. The van der Waals surface area contributed by atoms with Crippen LogP contribution in [0, 0.1) is 5.92 Å². The van der Waals surface area contributed by atoms with Gasteiger partial charge in [0.2, 0.25) is 0 Å². The molecule has 0 spiro atoms. The van der Waals surface area contributed by atoms with Crippen molar-refractivity contribution in [3.05, 3.63) is 107 Å². The highest BCUT2D eigenvalue weighted by Gasteiger charge is 2.26. The van der Waals surface area contributed by atoms with E-state index in [-0.39, 0.29) is 18.6 Å². The Bertz CT molecular complexity index is 1610. The first-order valence-corrected chi connectivity index (χ1v) is 15.9. The van der Waals surface area contributed by atoms with Crippen LogP contribution in [0.5, 0.6) is 23.0 Å². The maximum Gasteiger partial charge on any atom is 0.153 e. The molecular weight excluding hydrogens is 613 g/mol. The van der Waals surface area contributed by atoms with Crippen molar-refractivity contribution in [2.24, 2.45) is 5.92 Å². The number of alkyl halides is 1. The number of nitrogens with zero attached hydrogens (tertiary/aromatic N) is 1. The first kappa shape index (κ1) is 28.7. The van der Waals surface area contributed by atoms with Gasteiger partial charge in [-0.1, -0.05) is 58.4 Å². The Morgan fingerprint density at radius 2 is 1.64 bits per heavy atom. The number of likely N-dealkylation sites (tertiary alicyclic amines) is 1. The van der Waals surface area contributed by atoms with Crippen LogP contribution in [0.4, 0.5) is 4.39 Å². The lowest BCUT2D eigenvalue weighted by atomic mass is 10.1. The Kier molecular flexibility index (Phi) is 9.08. The predicted molar refractivity (Wildman–Crippen MR) is 173 cm³/mol. The van der Waals surface area contributed by atoms with Crippen LogP contribution in [0.3, 0.4) is 0 Å². The molecule has 0 radical (unpaired) electrons. The van der Waals surface area contributed by atoms with E-state index >= 15 is 0 Å². The molecule has 2 atom stereocenters. The van der Waals surface area contributed by atoms with Crippen LogP contribution in [-0.4, -0.2) is 37.3 Å². The van der Waals surface area contributed by atoms with Gasteiger partial charge in [-0.3, -0.25) is 9.29 Å². The van der Waals surface area contributed by atoms with E-state index in [1.807, 2.05) is 60.7 Å². The van der Waals surface area contributed by atoms with Crippen molar-refractivity contribution < 1.29 is 18.6 Å². The summed E-state index contributed by atoms with van der Waals surface area (Å²) >= 11 is 5.24. The first-order valence-electron chi connectivity index (χ1n) is 14.3. The largest absolute Gasteiger partial charge is 0.492 e. The van der Waals surface area contributed by atoms with Crippen LogP contribution in [0.15, 0.2) is 102 Å². The minimum atomic E-state index is -0.238. The Hall–Kier alpha value is -3.39. The molecule has 1 aromatic heterocycles. The smallest absolute Gasteiger partial charge is 0.153 e. The second-order valence-corrected chi connectivity index (χ2v) is 12.7. The van der Waals surface area contributed by atoms with Gasteiger partial charge in [-0.05, 0) is 85.6 Å². The number of hydrogen-bond acceptors (Lipinski definition) is 5. The van der Waals surface area contributed by atoms with E-state index in [1.54, 1.807) is 11.3 Å². The molecule has 0 amide bonds. The standard InChI is InChI=1S/C35H33BrFNO3S/c1-24(38-18-17-26(20-37)21-38)22-39-29-11-13-30(14-12-29)41-34-32-16-15-31(40-23-25-5-3-2-4-6-25)19-33(32)42-35(34)27-7-9-28(36)10-8-27/h2-16,19,24,26H,17-18,20-23H2,1H3/t24?,26-/m0/s1. The van der Waals surface area contributed by atoms with Crippen molar-refractivity contribution >= 4 is 37.4 Å². The van der Waals surface area contributed by atoms with Crippen molar-refractivity contribution in [2.45, 2.75) is 26.0 Å². The summed E-state index contributed by atoms with van der Waals surface area (Å²) in [5.41, 5.74) is 2.22. The molecule has 1 unspecified atom stereocenters. The van der Waals surface area contributed by atoms with Crippen molar-refractivity contribution in [1.82, 2.24) is 4.90 Å². The molecule has 42 heavy (non-hydrogen) atoms. The molecule has 6 rings (SSSR count). The van der Waals surface area contributed by atoms with E-state index in [0.29, 0.717) is 13.2 Å². The molecular formula is C35H33BrFNO3S. The number of halogens is 2. The molecule has 0 saturated carbocycles. The molecule has 1 aliphatic rings. The Balaban J connectivity index is 1.19. The molecule has 1 fully saturated rings. The third-order valence-electron chi connectivity index (χ3n) is 7.66. The topological polar surface area (TPSA) is 30.9 Å². The zero-order valence-electron chi connectivity index (χ0n) is 23.5. The van der Waals surface area contributed by atoms with Crippen molar-refractivity contribution in [1.29, 1.82) is 0 Å². The third-order valence-corrected chi connectivity index (χ3v) is 9.38. The average Bonchev–Trinajstić information content (AvgIpc) is 3.65. The van der Waals surface area contributed by atoms with E-state index in [1.165, 1.54) is 0 Å². The van der Waals surface area contributed by atoms with Gasteiger partial charge in [-0.25, -0.2) is 0 Å². The van der Waals surface area contributed by atoms with E-state index in [4.69, 9.17) is 14.2 Å². The number of hydrogen-bond donors (Lipinski definition) is 0. The van der Waals surface area contributed by atoms with Gasteiger partial charge in [0.15, 0.2) is 5.75 Å².